The maximum absolute atomic E-state index is 12.6. The Hall–Kier alpha value is -4.83. The van der Waals surface area contributed by atoms with Gasteiger partial charge in [-0.25, -0.2) is 23.1 Å². The molecule has 1 amide bonds. The summed E-state index contributed by atoms with van der Waals surface area (Å²) in [5, 5.41) is 22.0. The van der Waals surface area contributed by atoms with Crippen molar-refractivity contribution in [3.8, 4) is 11.5 Å². The number of amides is 1. The molecule has 36 heavy (non-hydrogen) atoms. The molecule has 4 aromatic rings. The number of carbonyl (C=O) groups excluding carboxylic acids is 2. The first-order chi connectivity index (χ1) is 17.1. The monoisotopic (exact) mass is 513 g/mol. The van der Waals surface area contributed by atoms with Crippen molar-refractivity contribution >= 4 is 45.3 Å². The lowest BCUT2D eigenvalue weighted by atomic mass is 10.2. The lowest BCUT2D eigenvalue weighted by molar-refractivity contribution is 0.0481. The highest BCUT2D eigenvalue weighted by Crippen LogP contribution is 2.21. The third kappa shape index (κ3) is 5.45. The summed E-state index contributed by atoms with van der Waals surface area (Å²) in [6, 6.07) is 11.2. The number of primary sulfonamides is 1. The molecule has 0 spiro atoms. The minimum Gasteiger partial charge on any atom is -0.459 e. The summed E-state index contributed by atoms with van der Waals surface area (Å²) in [5.41, 5.74) is 7.16. The Bertz CT molecular complexity index is 1510. The summed E-state index contributed by atoms with van der Waals surface area (Å²) in [6.07, 6.45) is 0. The first kappa shape index (κ1) is 24.3. The van der Waals surface area contributed by atoms with Crippen LogP contribution >= 0.6 is 0 Å². The molecule has 2 aromatic heterocycles. The molecule has 6 N–H and O–H groups in total. The van der Waals surface area contributed by atoms with E-state index in [9.17, 15) is 18.0 Å². The molecule has 0 unspecified atom stereocenters. The van der Waals surface area contributed by atoms with Crippen LogP contribution in [-0.4, -0.2) is 52.0 Å². The van der Waals surface area contributed by atoms with Crippen molar-refractivity contribution in [3.63, 3.8) is 0 Å². The summed E-state index contributed by atoms with van der Waals surface area (Å²) >= 11 is 0. The second-order valence-electron chi connectivity index (χ2n) is 7.04. The van der Waals surface area contributed by atoms with Gasteiger partial charge in [-0.1, -0.05) is 0 Å². The van der Waals surface area contributed by atoms with Gasteiger partial charge in [-0.2, -0.15) is 4.98 Å². The molecule has 2 aromatic carbocycles. The fourth-order valence-electron chi connectivity index (χ4n) is 2.87. The highest BCUT2D eigenvalue weighted by Gasteiger charge is 2.18. The van der Waals surface area contributed by atoms with E-state index in [1.165, 1.54) is 24.3 Å². The van der Waals surface area contributed by atoms with Gasteiger partial charge in [-0.3, -0.25) is 0 Å². The molecule has 16 heteroatoms. The van der Waals surface area contributed by atoms with Crippen LogP contribution in [0.2, 0.25) is 0 Å². The van der Waals surface area contributed by atoms with Crippen LogP contribution in [0.5, 0.6) is 0 Å². The maximum atomic E-state index is 12.6. The Morgan fingerprint density at radius 1 is 1.06 bits per heavy atom. The van der Waals surface area contributed by atoms with Crippen LogP contribution in [0.1, 0.15) is 17.6 Å². The Morgan fingerprint density at radius 3 is 2.36 bits per heavy atom. The number of rotatable bonds is 7. The zero-order valence-electron chi connectivity index (χ0n) is 18.6. The fraction of sp³-hybridized carbons (Fsp3) is 0.100. The SMILES string of the molecule is CCOC(=O)c1nnc(-c2ccc(NC(=O)n3nc(Nc4ccc(S(N)(=O)=O)cc4)nc3N)cc2)o1. The summed E-state index contributed by atoms with van der Waals surface area (Å²) in [6.45, 7) is 1.83. The van der Waals surface area contributed by atoms with E-state index in [0.717, 1.165) is 4.68 Å². The molecule has 186 valence electrons. The molecule has 0 aliphatic carbocycles. The number of hydrogen-bond acceptors (Lipinski definition) is 12. The number of nitrogens with one attached hydrogen (secondary N) is 2. The summed E-state index contributed by atoms with van der Waals surface area (Å²) in [7, 11) is -3.83. The lowest BCUT2D eigenvalue weighted by Crippen LogP contribution is -2.22. The van der Waals surface area contributed by atoms with E-state index in [4.69, 9.17) is 20.0 Å². The van der Waals surface area contributed by atoms with E-state index in [2.05, 4.69) is 30.9 Å². The second kappa shape index (κ2) is 9.80. The lowest BCUT2D eigenvalue weighted by Gasteiger charge is -2.06. The molecule has 4 rings (SSSR count). The highest BCUT2D eigenvalue weighted by molar-refractivity contribution is 7.89. The standard InChI is InChI=1S/C20H19N9O6S/c1-2-34-17(30)16-27-26-15(35-16)11-3-5-13(6-4-11)24-20(31)29-18(21)25-19(28-29)23-12-7-9-14(10-8-12)36(22,32)33/h3-10H,2H2,1H3,(H,24,31)(H2,22,32,33)(H3,21,23,25,28). The Balaban J connectivity index is 1.41. The number of ether oxygens (including phenoxy) is 1. The maximum Gasteiger partial charge on any atom is 0.396 e. The molecular weight excluding hydrogens is 494 g/mol. The number of nitrogen functional groups attached to an aromatic ring is 1. The number of sulfonamides is 1. The van der Waals surface area contributed by atoms with Crippen molar-refractivity contribution in [2.45, 2.75) is 11.8 Å². The molecule has 0 aliphatic heterocycles. The van der Waals surface area contributed by atoms with Gasteiger partial charge in [-0.05, 0) is 55.5 Å². The number of esters is 1. The normalized spacial score (nSPS) is 11.2. The molecule has 0 aliphatic rings. The van der Waals surface area contributed by atoms with Crippen LogP contribution < -0.4 is 21.5 Å². The molecule has 0 saturated heterocycles. The van der Waals surface area contributed by atoms with Crippen molar-refractivity contribution in [2.75, 3.05) is 23.0 Å². The smallest absolute Gasteiger partial charge is 0.396 e. The van der Waals surface area contributed by atoms with Crippen molar-refractivity contribution in [1.29, 1.82) is 0 Å². The summed E-state index contributed by atoms with van der Waals surface area (Å²) in [5.74, 6) is -1.07. The molecule has 0 radical (unpaired) electrons. The van der Waals surface area contributed by atoms with Crippen LogP contribution in [0.25, 0.3) is 11.5 Å². The average molecular weight is 513 g/mol. The summed E-state index contributed by atoms with van der Waals surface area (Å²) in [4.78, 5) is 28.2. The number of anilines is 4. The van der Waals surface area contributed by atoms with Crippen LogP contribution in [0.15, 0.2) is 57.8 Å². The first-order valence-electron chi connectivity index (χ1n) is 10.2. The van der Waals surface area contributed by atoms with E-state index in [0.29, 0.717) is 16.9 Å². The van der Waals surface area contributed by atoms with Crippen molar-refractivity contribution in [3.05, 3.63) is 54.4 Å². The van der Waals surface area contributed by atoms with Gasteiger partial charge in [0.15, 0.2) is 0 Å². The van der Waals surface area contributed by atoms with Crippen LogP contribution in [0.3, 0.4) is 0 Å². The highest BCUT2D eigenvalue weighted by atomic mass is 32.2. The number of nitrogens with zero attached hydrogens (tertiary/aromatic N) is 5. The van der Waals surface area contributed by atoms with Crippen molar-refractivity contribution in [1.82, 2.24) is 25.0 Å². The molecule has 0 bridgehead atoms. The zero-order valence-corrected chi connectivity index (χ0v) is 19.4. The van der Waals surface area contributed by atoms with E-state index in [1.54, 1.807) is 31.2 Å². The van der Waals surface area contributed by atoms with Crippen LogP contribution in [0, 0.1) is 0 Å². The Labute approximate surface area is 203 Å². The minimum atomic E-state index is -3.83. The molecule has 15 nitrogen and oxygen atoms in total. The molecule has 2 heterocycles. The second-order valence-corrected chi connectivity index (χ2v) is 8.60. The fourth-order valence-corrected chi connectivity index (χ4v) is 3.39. The van der Waals surface area contributed by atoms with Crippen LogP contribution in [0.4, 0.5) is 28.1 Å². The molecule has 0 saturated carbocycles. The minimum absolute atomic E-state index is 0.00940. The Morgan fingerprint density at radius 2 is 1.72 bits per heavy atom. The van der Waals surface area contributed by atoms with E-state index < -0.39 is 22.0 Å². The number of nitrogens with two attached hydrogens (primary N) is 2. The number of hydrogen-bond donors (Lipinski definition) is 4. The topological polar surface area (TPSA) is 223 Å². The molecule has 0 fully saturated rings. The van der Waals surface area contributed by atoms with Gasteiger partial charge >= 0.3 is 17.9 Å². The van der Waals surface area contributed by atoms with Crippen molar-refractivity contribution in [2.24, 2.45) is 5.14 Å². The number of benzene rings is 2. The van der Waals surface area contributed by atoms with Gasteiger partial charge < -0.3 is 25.5 Å². The average Bonchev–Trinajstić information content (AvgIpc) is 3.47. The van der Waals surface area contributed by atoms with Crippen molar-refractivity contribution < 1.29 is 27.2 Å². The largest absolute Gasteiger partial charge is 0.459 e. The van der Waals surface area contributed by atoms with Gasteiger partial charge in [0, 0.05) is 16.9 Å². The predicted molar refractivity (Wildman–Crippen MR) is 126 cm³/mol. The van der Waals surface area contributed by atoms with E-state index in [1.807, 2.05) is 0 Å². The van der Waals surface area contributed by atoms with Gasteiger partial charge in [-0.15, -0.1) is 20.0 Å². The Kier molecular flexibility index (Phi) is 6.62. The first-order valence-corrected chi connectivity index (χ1v) is 11.7. The van der Waals surface area contributed by atoms with E-state index >= 15 is 0 Å². The third-order valence-electron chi connectivity index (χ3n) is 4.52. The van der Waals surface area contributed by atoms with Gasteiger partial charge in [0.2, 0.25) is 27.8 Å². The van der Waals surface area contributed by atoms with Crippen LogP contribution in [-0.2, 0) is 14.8 Å². The van der Waals surface area contributed by atoms with Gasteiger partial charge in [0.05, 0.1) is 11.5 Å². The predicted octanol–water partition coefficient (Wildman–Crippen LogP) is 1.56. The zero-order chi connectivity index (χ0) is 25.9. The van der Waals surface area contributed by atoms with Gasteiger partial charge in [0.1, 0.15) is 0 Å². The third-order valence-corrected chi connectivity index (χ3v) is 5.45. The molecule has 0 atom stereocenters. The molecular formula is C20H19N9O6S. The van der Waals surface area contributed by atoms with E-state index in [-0.39, 0.29) is 35.2 Å². The van der Waals surface area contributed by atoms with Gasteiger partial charge in [0.25, 0.3) is 0 Å². The number of aromatic nitrogens is 5. The summed E-state index contributed by atoms with van der Waals surface area (Å²) < 4.78 is 33.7. The number of carbonyl (C=O) groups is 2. The quantitative estimate of drug-likeness (QED) is 0.258.